The van der Waals surface area contributed by atoms with Crippen molar-refractivity contribution < 1.29 is 14.3 Å². The summed E-state index contributed by atoms with van der Waals surface area (Å²) in [6, 6.07) is 15.4. The molecule has 1 unspecified atom stereocenters. The number of methoxy groups -OCH3 is 2. The Labute approximate surface area is 169 Å². The van der Waals surface area contributed by atoms with E-state index in [1.807, 2.05) is 50.2 Å². The van der Waals surface area contributed by atoms with Crippen LogP contribution in [0, 0.1) is 6.92 Å². The molecular weight excluding hydrogens is 372 g/mol. The number of carbonyl (C=O) groups is 1. The highest BCUT2D eigenvalue weighted by atomic mass is 32.1. The number of hydrogen-bond acceptors (Lipinski definition) is 5. The highest BCUT2D eigenvalue weighted by Gasteiger charge is 2.20. The summed E-state index contributed by atoms with van der Waals surface area (Å²) in [4.78, 5) is 18.1. The average Bonchev–Trinajstić information content (AvgIpc) is 3.08. The van der Waals surface area contributed by atoms with Gasteiger partial charge in [-0.3, -0.25) is 4.79 Å². The number of ether oxygens (including phenoxy) is 2. The molecule has 1 aromatic heterocycles. The minimum Gasteiger partial charge on any atom is -0.497 e. The van der Waals surface area contributed by atoms with E-state index in [0.717, 1.165) is 28.4 Å². The Morgan fingerprint density at radius 3 is 2.57 bits per heavy atom. The fourth-order valence-electron chi connectivity index (χ4n) is 3.03. The summed E-state index contributed by atoms with van der Waals surface area (Å²) < 4.78 is 10.7. The SMILES string of the molecule is COc1ccc(OC)c(C(C)NC(=O)c2sc(Cc3ccccc3)nc2C)c1. The van der Waals surface area contributed by atoms with Crippen LogP contribution in [-0.4, -0.2) is 25.1 Å². The number of hydrogen-bond donors (Lipinski definition) is 1. The van der Waals surface area contributed by atoms with Crippen molar-refractivity contribution in [2.45, 2.75) is 26.3 Å². The summed E-state index contributed by atoms with van der Waals surface area (Å²) in [5.74, 6) is 1.29. The van der Waals surface area contributed by atoms with Gasteiger partial charge in [-0.05, 0) is 37.6 Å². The van der Waals surface area contributed by atoms with Crippen LogP contribution >= 0.6 is 11.3 Å². The topological polar surface area (TPSA) is 60.5 Å². The van der Waals surface area contributed by atoms with E-state index in [1.165, 1.54) is 16.9 Å². The zero-order valence-corrected chi connectivity index (χ0v) is 17.3. The van der Waals surface area contributed by atoms with Gasteiger partial charge in [0.05, 0.1) is 31.0 Å². The molecule has 5 nitrogen and oxygen atoms in total. The molecule has 0 fully saturated rings. The zero-order valence-electron chi connectivity index (χ0n) is 16.5. The van der Waals surface area contributed by atoms with Gasteiger partial charge in [-0.25, -0.2) is 4.98 Å². The summed E-state index contributed by atoms with van der Waals surface area (Å²) in [5.41, 5.74) is 2.79. The number of aromatic nitrogens is 1. The minimum absolute atomic E-state index is 0.133. The van der Waals surface area contributed by atoms with Crippen molar-refractivity contribution in [1.82, 2.24) is 10.3 Å². The lowest BCUT2D eigenvalue weighted by Gasteiger charge is -2.18. The maximum atomic E-state index is 12.9. The van der Waals surface area contributed by atoms with Crippen molar-refractivity contribution in [3.63, 3.8) is 0 Å². The Morgan fingerprint density at radius 2 is 1.89 bits per heavy atom. The van der Waals surface area contributed by atoms with Gasteiger partial charge < -0.3 is 14.8 Å². The molecule has 0 aliphatic rings. The Morgan fingerprint density at radius 1 is 1.14 bits per heavy atom. The van der Waals surface area contributed by atoms with Gasteiger partial charge >= 0.3 is 0 Å². The average molecular weight is 397 g/mol. The van der Waals surface area contributed by atoms with Crippen LogP contribution in [0.15, 0.2) is 48.5 Å². The first kappa shape index (κ1) is 19.9. The van der Waals surface area contributed by atoms with E-state index in [0.29, 0.717) is 10.6 Å². The summed E-state index contributed by atoms with van der Waals surface area (Å²) in [5, 5.41) is 3.98. The lowest BCUT2D eigenvalue weighted by Crippen LogP contribution is -2.26. The summed E-state index contributed by atoms with van der Waals surface area (Å²) in [6.07, 6.45) is 0.721. The van der Waals surface area contributed by atoms with Crippen molar-refractivity contribution in [3.05, 3.63) is 75.2 Å². The molecule has 0 saturated carbocycles. The minimum atomic E-state index is -0.239. The number of benzene rings is 2. The third-order valence-electron chi connectivity index (χ3n) is 4.50. The Hall–Kier alpha value is -2.86. The monoisotopic (exact) mass is 396 g/mol. The number of carbonyl (C=O) groups excluding carboxylic acids is 1. The van der Waals surface area contributed by atoms with E-state index in [2.05, 4.69) is 22.4 Å². The number of nitrogens with one attached hydrogen (secondary N) is 1. The standard InChI is InChI=1S/C22H24N2O3S/c1-14(18-13-17(26-3)10-11-19(18)27-4)24-22(25)21-15(2)23-20(28-21)12-16-8-6-5-7-9-16/h5-11,13-14H,12H2,1-4H3,(H,24,25). The van der Waals surface area contributed by atoms with Gasteiger partial charge in [0.15, 0.2) is 0 Å². The second kappa shape index (κ2) is 8.89. The second-order valence-electron chi connectivity index (χ2n) is 6.49. The van der Waals surface area contributed by atoms with Gasteiger partial charge in [0.1, 0.15) is 16.4 Å². The van der Waals surface area contributed by atoms with E-state index in [4.69, 9.17) is 9.47 Å². The molecule has 2 aromatic carbocycles. The summed E-state index contributed by atoms with van der Waals surface area (Å²) >= 11 is 1.44. The Balaban J connectivity index is 1.76. The van der Waals surface area contributed by atoms with Crippen molar-refractivity contribution in [2.75, 3.05) is 14.2 Å². The van der Waals surface area contributed by atoms with E-state index >= 15 is 0 Å². The molecule has 0 aliphatic carbocycles. The summed E-state index contributed by atoms with van der Waals surface area (Å²) in [7, 11) is 3.23. The highest BCUT2D eigenvalue weighted by molar-refractivity contribution is 7.13. The van der Waals surface area contributed by atoms with Gasteiger partial charge in [0, 0.05) is 12.0 Å². The van der Waals surface area contributed by atoms with Gasteiger partial charge in [-0.15, -0.1) is 11.3 Å². The predicted molar refractivity (Wildman–Crippen MR) is 112 cm³/mol. The third kappa shape index (κ3) is 4.51. The molecule has 0 saturated heterocycles. The lowest BCUT2D eigenvalue weighted by atomic mass is 10.1. The van der Waals surface area contributed by atoms with Gasteiger partial charge in [-0.2, -0.15) is 0 Å². The highest BCUT2D eigenvalue weighted by Crippen LogP contribution is 2.30. The Kier molecular flexibility index (Phi) is 6.31. The molecule has 0 spiro atoms. The van der Waals surface area contributed by atoms with Crippen molar-refractivity contribution in [2.24, 2.45) is 0 Å². The van der Waals surface area contributed by atoms with Crippen LogP contribution in [-0.2, 0) is 6.42 Å². The molecule has 0 aliphatic heterocycles. The number of thiazole rings is 1. The van der Waals surface area contributed by atoms with Gasteiger partial charge in [-0.1, -0.05) is 30.3 Å². The number of nitrogens with zero attached hydrogens (tertiary/aromatic N) is 1. The molecule has 3 rings (SSSR count). The molecule has 0 radical (unpaired) electrons. The molecule has 1 N–H and O–H groups in total. The molecule has 6 heteroatoms. The van der Waals surface area contributed by atoms with Crippen LogP contribution in [0.4, 0.5) is 0 Å². The molecule has 28 heavy (non-hydrogen) atoms. The quantitative estimate of drug-likeness (QED) is 0.636. The fraction of sp³-hybridized carbons (Fsp3) is 0.273. The van der Waals surface area contributed by atoms with Gasteiger partial charge in [0.25, 0.3) is 5.91 Å². The third-order valence-corrected chi connectivity index (χ3v) is 5.65. The largest absolute Gasteiger partial charge is 0.497 e. The maximum Gasteiger partial charge on any atom is 0.263 e. The van der Waals surface area contributed by atoms with Crippen molar-refractivity contribution in [1.29, 1.82) is 0 Å². The van der Waals surface area contributed by atoms with Crippen molar-refractivity contribution in [3.8, 4) is 11.5 Å². The second-order valence-corrected chi connectivity index (χ2v) is 7.57. The normalized spacial score (nSPS) is 11.7. The molecule has 1 heterocycles. The first-order chi connectivity index (χ1) is 13.5. The van der Waals surface area contributed by atoms with Crippen LogP contribution in [0.3, 0.4) is 0 Å². The van der Waals surface area contributed by atoms with Crippen LogP contribution in [0.1, 0.15) is 44.5 Å². The van der Waals surface area contributed by atoms with Crippen LogP contribution in [0.2, 0.25) is 0 Å². The first-order valence-corrected chi connectivity index (χ1v) is 9.86. The molecule has 3 aromatic rings. The first-order valence-electron chi connectivity index (χ1n) is 9.04. The van der Waals surface area contributed by atoms with E-state index < -0.39 is 0 Å². The molecule has 0 bridgehead atoms. The van der Waals surface area contributed by atoms with Crippen molar-refractivity contribution >= 4 is 17.2 Å². The van der Waals surface area contributed by atoms with Crippen LogP contribution < -0.4 is 14.8 Å². The van der Waals surface area contributed by atoms with Crippen LogP contribution in [0.25, 0.3) is 0 Å². The zero-order chi connectivity index (χ0) is 20.1. The van der Waals surface area contributed by atoms with E-state index in [-0.39, 0.29) is 11.9 Å². The number of amides is 1. The molecule has 1 atom stereocenters. The molecular formula is C22H24N2O3S. The number of rotatable bonds is 7. The maximum absolute atomic E-state index is 12.9. The fourth-order valence-corrected chi connectivity index (χ4v) is 4.03. The predicted octanol–water partition coefficient (Wildman–Crippen LogP) is 4.55. The lowest BCUT2D eigenvalue weighted by molar-refractivity contribution is 0.0942. The van der Waals surface area contributed by atoms with E-state index in [9.17, 15) is 4.79 Å². The molecule has 1 amide bonds. The molecule has 146 valence electrons. The number of aryl methyl sites for hydroxylation is 1. The summed E-state index contributed by atoms with van der Waals surface area (Å²) in [6.45, 7) is 3.80. The smallest absolute Gasteiger partial charge is 0.263 e. The van der Waals surface area contributed by atoms with Crippen LogP contribution in [0.5, 0.6) is 11.5 Å². The Bertz CT molecular complexity index is 954. The van der Waals surface area contributed by atoms with Gasteiger partial charge in [0.2, 0.25) is 0 Å². The van der Waals surface area contributed by atoms with E-state index in [1.54, 1.807) is 14.2 Å².